The molecular formula is C35H29Cl2FN2O7. The highest BCUT2D eigenvalue weighted by Gasteiger charge is 2.77. The number of carbonyl (C=O) groups excluding carboxylic acids is 4. The number of phenols is 1. The quantitative estimate of drug-likeness (QED) is 0.214. The lowest BCUT2D eigenvalue weighted by molar-refractivity contribution is -0.141. The molecule has 242 valence electrons. The fourth-order valence-corrected chi connectivity index (χ4v) is 8.79. The number of carbonyl (C=O) groups is 4. The number of alkyl halides is 2. The summed E-state index contributed by atoms with van der Waals surface area (Å²) >= 11 is 14.8. The third-order valence-electron chi connectivity index (χ3n) is 10.0. The van der Waals surface area contributed by atoms with Crippen LogP contribution in [-0.4, -0.2) is 57.6 Å². The highest BCUT2D eigenvalue weighted by Crippen LogP contribution is 2.67. The minimum atomic E-state index is -2.23. The molecule has 0 radical (unpaired) electrons. The van der Waals surface area contributed by atoms with Crippen LogP contribution in [0.5, 0.6) is 17.2 Å². The van der Waals surface area contributed by atoms with Crippen molar-refractivity contribution >= 4 is 52.5 Å². The first-order chi connectivity index (χ1) is 22.5. The summed E-state index contributed by atoms with van der Waals surface area (Å²) in [6.45, 7) is 0.0747. The third-order valence-corrected chi connectivity index (χ3v) is 11.4. The average molecular weight is 680 g/mol. The van der Waals surface area contributed by atoms with Crippen molar-refractivity contribution in [3.63, 3.8) is 0 Å². The molecule has 2 aliphatic carbocycles. The van der Waals surface area contributed by atoms with E-state index >= 15 is 0 Å². The Morgan fingerprint density at radius 1 is 0.915 bits per heavy atom. The van der Waals surface area contributed by atoms with Crippen LogP contribution in [0.4, 0.5) is 10.1 Å². The van der Waals surface area contributed by atoms with E-state index < -0.39 is 57.0 Å². The van der Waals surface area contributed by atoms with Crippen LogP contribution in [-0.2, 0) is 25.7 Å². The maximum Gasteiger partial charge on any atom is 0.258 e. The molecule has 3 aromatic rings. The minimum absolute atomic E-state index is 0.0523. The number of aromatic hydroxyl groups is 1. The van der Waals surface area contributed by atoms with Crippen LogP contribution >= 0.6 is 23.2 Å². The van der Waals surface area contributed by atoms with Crippen molar-refractivity contribution in [2.75, 3.05) is 19.1 Å². The van der Waals surface area contributed by atoms with Crippen LogP contribution in [0.15, 0.2) is 78.4 Å². The van der Waals surface area contributed by atoms with E-state index in [9.17, 15) is 28.7 Å². The molecule has 2 heterocycles. The lowest BCUT2D eigenvalue weighted by atomic mass is 9.56. The zero-order valence-electron chi connectivity index (χ0n) is 25.3. The topological polar surface area (TPSA) is 113 Å². The summed E-state index contributed by atoms with van der Waals surface area (Å²) in [5, 5.41) is 11.5. The Labute approximate surface area is 279 Å². The second kappa shape index (κ2) is 11.1. The molecule has 3 aromatic carbocycles. The Kier molecular flexibility index (Phi) is 7.37. The van der Waals surface area contributed by atoms with E-state index in [1.807, 2.05) is 30.3 Å². The predicted octanol–water partition coefficient (Wildman–Crippen LogP) is 5.31. The van der Waals surface area contributed by atoms with E-state index in [1.165, 1.54) is 43.4 Å². The second-order valence-corrected chi connectivity index (χ2v) is 13.5. The van der Waals surface area contributed by atoms with Gasteiger partial charge in [0.2, 0.25) is 11.8 Å². The third kappa shape index (κ3) is 4.34. The molecule has 0 bridgehead atoms. The molecular weight excluding hydrogens is 650 g/mol. The number of ether oxygens (including phenoxy) is 2. The Morgan fingerprint density at radius 3 is 2.28 bits per heavy atom. The fourth-order valence-electron chi connectivity index (χ4n) is 7.87. The number of hydrogen-bond acceptors (Lipinski definition) is 7. The van der Waals surface area contributed by atoms with Crippen LogP contribution in [0.1, 0.15) is 29.9 Å². The summed E-state index contributed by atoms with van der Waals surface area (Å²) in [6.07, 6.45) is 1.69. The molecule has 4 aliphatic rings. The molecule has 12 heteroatoms. The standard InChI is InChI=1S/C35H29Cl2FN2O7/c1-46-21-14-25(41)28(26(15-21)47-2)29-22-12-13-23-27(31(43)39(30(23)42)17-18-6-4-3-5-7-18)24(22)16-34(36)32(44)40(33(45)35(29,34)37)20-10-8-19(38)9-11-20/h3-12,14-15,23-24,27,29,41H,13,16-17H2,1-2H3. The normalized spacial score (nSPS) is 29.8. The zero-order valence-corrected chi connectivity index (χ0v) is 26.8. The monoisotopic (exact) mass is 678 g/mol. The van der Waals surface area contributed by atoms with Crippen LogP contribution in [0.25, 0.3) is 0 Å². The first-order valence-electron chi connectivity index (χ1n) is 15.0. The maximum atomic E-state index is 14.5. The highest BCUT2D eigenvalue weighted by molar-refractivity contribution is 6.58. The van der Waals surface area contributed by atoms with Crippen molar-refractivity contribution in [1.82, 2.24) is 4.90 Å². The molecule has 4 amide bonds. The van der Waals surface area contributed by atoms with Crippen molar-refractivity contribution in [1.29, 1.82) is 0 Å². The van der Waals surface area contributed by atoms with Gasteiger partial charge in [0.05, 0.1) is 38.3 Å². The number of fused-ring (bicyclic) bond motifs is 4. The predicted molar refractivity (Wildman–Crippen MR) is 170 cm³/mol. The van der Waals surface area contributed by atoms with Gasteiger partial charge in [-0.05, 0) is 48.6 Å². The van der Waals surface area contributed by atoms with E-state index in [1.54, 1.807) is 6.08 Å². The largest absolute Gasteiger partial charge is 0.507 e. The first-order valence-corrected chi connectivity index (χ1v) is 15.8. The molecule has 9 nitrogen and oxygen atoms in total. The van der Waals surface area contributed by atoms with Crippen molar-refractivity contribution in [2.24, 2.45) is 17.8 Å². The van der Waals surface area contributed by atoms with Gasteiger partial charge in [-0.2, -0.15) is 0 Å². The van der Waals surface area contributed by atoms with E-state index in [-0.39, 0.29) is 53.8 Å². The smallest absolute Gasteiger partial charge is 0.258 e. The van der Waals surface area contributed by atoms with Gasteiger partial charge < -0.3 is 14.6 Å². The number of phenolic OH excluding ortho intramolecular Hbond substituents is 1. The van der Waals surface area contributed by atoms with Gasteiger partial charge in [0.15, 0.2) is 9.75 Å². The van der Waals surface area contributed by atoms with Crippen LogP contribution < -0.4 is 14.4 Å². The number of amides is 4. The van der Waals surface area contributed by atoms with E-state index in [0.717, 1.165) is 22.6 Å². The first kappa shape index (κ1) is 31.2. The number of methoxy groups -OCH3 is 2. The number of imide groups is 2. The molecule has 7 rings (SSSR count). The molecule has 2 saturated heterocycles. The Morgan fingerprint density at radius 2 is 1.62 bits per heavy atom. The maximum absolute atomic E-state index is 14.5. The number of anilines is 1. The van der Waals surface area contributed by atoms with E-state index in [4.69, 9.17) is 32.7 Å². The van der Waals surface area contributed by atoms with Gasteiger partial charge in [-0.25, -0.2) is 9.29 Å². The van der Waals surface area contributed by atoms with Gasteiger partial charge in [0, 0.05) is 23.6 Å². The molecule has 0 spiro atoms. The summed E-state index contributed by atoms with van der Waals surface area (Å²) in [5.74, 6) is -6.78. The molecule has 6 atom stereocenters. The van der Waals surface area contributed by atoms with Crippen LogP contribution in [0, 0.1) is 23.6 Å². The molecule has 0 aromatic heterocycles. The van der Waals surface area contributed by atoms with Gasteiger partial charge in [0.25, 0.3) is 11.8 Å². The van der Waals surface area contributed by atoms with Gasteiger partial charge in [-0.1, -0.05) is 42.0 Å². The fraction of sp³-hybridized carbons (Fsp3) is 0.314. The number of nitrogens with zero attached hydrogens (tertiary/aromatic N) is 2. The summed E-state index contributed by atoms with van der Waals surface area (Å²) in [5.41, 5.74) is 1.39. The van der Waals surface area contributed by atoms with E-state index in [2.05, 4.69) is 0 Å². The van der Waals surface area contributed by atoms with Crippen LogP contribution in [0.3, 0.4) is 0 Å². The summed E-state index contributed by atoms with van der Waals surface area (Å²) in [7, 11) is 2.77. The van der Waals surface area contributed by atoms with Crippen molar-refractivity contribution in [2.45, 2.75) is 35.1 Å². The molecule has 2 aliphatic heterocycles. The van der Waals surface area contributed by atoms with Crippen molar-refractivity contribution in [3.8, 4) is 17.2 Å². The molecule has 1 saturated carbocycles. The number of likely N-dealkylation sites (tertiary alicyclic amines) is 1. The van der Waals surface area contributed by atoms with Crippen LogP contribution in [0.2, 0.25) is 0 Å². The molecule has 1 N–H and O–H groups in total. The van der Waals surface area contributed by atoms with Crippen molar-refractivity contribution in [3.05, 3.63) is 95.3 Å². The summed E-state index contributed by atoms with van der Waals surface area (Å²) in [6, 6.07) is 16.7. The summed E-state index contributed by atoms with van der Waals surface area (Å²) < 4.78 is 24.9. The lowest BCUT2D eigenvalue weighted by Crippen LogP contribution is -2.60. The molecule has 47 heavy (non-hydrogen) atoms. The zero-order chi connectivity index (χ0) is 33.4. The van der Waals surface area contributed by atoms with Crippen molar-refractivity contribution < 1.29 is 38.1 Å². The molecule has 6 unspecified atom stereocenters. The number of halogens is 3. The average Bonchev–Trinajstić information content (AvgIpc) is 3.39. The highest BCUT2D eigenvalue weighted by atomic mass is 35.5. The Balaban J connectivity index is 1.41. The van der Waals surface area contributed by atoms with Gasteiger partial charge in [-0.3, -0.25) is 24.1 Å². The second-order valence-electron chi connectivity index (χ2n) is 12.3. The van der Waals surface area contributed by atoms with Gasteiger partial charge >= 0.3 is 0 Å². The SMILES string of the molecule is COc1cc(O)c(C2C3=CCC4C(=O)N(Cc5ccccc5)C(=O)C4C3CC3(Cl)C(=O)N(c4ccc(F)cc4)C(=O)C23Cl)c(OC)c1. The Bertz CT molecular complexity index is 1870. The number of allylic oxidation sites excluding steroid dienone is 2. The van der Waals surface area contributed by atoms with Gasteiger partial charge in [0.1, 0.15) is 23.1 Å². The lowest BCUT2D eigenvalue weighted by Gasteiger charge is -2.50. The number of benzene rings is 3. The minimum Gasteiger partial charge on any atom is -0.507 e. The molecule has 3 fully saturated rings. The van der Waals surface area contributed by atoms with Gasteiger partial charge in [-0.15, -0.1) is 23.2 Å². The number of rotatable bonds is 6. The Hall–Kier alpha value is -4.41. The number of hydrogen-bond donors (Lipinski definition) is 1. The summed E-state index contributed by atoms with van der Waals surface area (Å²) in [4.78, 5) is 54.5. The van der Waals surface area contributed by atoms with E-state index in [0.29, 0.717) is 5.57 Å².